The lowest BCUT2D eigenvalue weighted by Gasteiger charge is -2.32. The van der Waals surface area contributed by atoms with E-state index in [-0.39, 0.29) is 30.2 Å². The lowest BCUT2D eigenvalue weighted by molar-refractivity contribution is 0.201. The first-order valence-corrected chi connectivity index (χ1v) is 12.9. The first-order valence-electron chi connectivity index (χ1n) is 10.8. The Morgan fingerprint density at radius 3 is 2.29 bits per heavy atom. The predicted molar refractivity (Wildman–Crippen MR) is 129 cm³/mol. The number of hydrogen-bond acceptors (Lipinski definition) is 5. The van der Waals surface area contributed by atoms with Gasteiger partial charge in [0.15, 0.2) is 0 Å². The molecule has 2 aromatic rings. The molecule has 1 aromatic heterocycles. The highest BCUT2D eigenvalue weighted by Crippen LogP contribution is 2.29. The molecule has 0 N–H and O–H groups in total. The van der Waals surface area contributed by atoms with Crippen LogP contribution in [-0.2, 0) is 16.4 Å². The summed E-state index contributed by atoms with van der Waals surface area (Å²) in [5, 5.41) is 0. The van der Waals surface area contributed by atoms with E-state index in [1.165, 1.54) is 11.8 Å². The maximum Gasteiger partial charge on any atom is 0.213 e. The molecule has 5 nitrogen and oxygen atoms in total. The minimum absolute atomic E-state index is 0. The predicted octanol–water partition coefficient (Wildman–Crippen LogP) is 4.82. The first-order chi connectivity index (χ1) is 14.2. The van der Waals surface area contributed by atoms with Crippen LogP contribution in [0.5, 0.6) is 5.88 Å². The van der Waals surface area contributed by atoms with Gasteiger partial charge in [-0.05, 0) is 62.9 Å². The third-order valence-corrected chi connectivity index (χ3v) is 6.72. The van der Waals surface area contributed by atoms with Crippen molar-refractivity contribution in [2.24, 2.45) is 0 Å². The molecule has 0 unspecified atom stereocenters. The van der Waals surface area contributed by atoms with E-state index >= 15 is 0 Å². The molecule has 2 heterocycles. The second-order valence-corrected chi connectivity index (χ2v) is 11.0. The number of hydrogen-bond donors (Lipinski definition) is 0. The summed E-state index contributed by atoms with van der Waals surface area (Å²) >= 11 is 0. The molecule has 0 amide bonds. The van der Waals surface area contributed by atoms with Crippen LogP contribution in [0.15, 0.2) is 42.5 Å². The number of aromatic nitrogens is 1. The quantitative estimate of drug-likeness (QED) is 0.558. The summed E-state index contributed by atoms with van der Waals surface area (Å²) in [4.78, 5) is 7.20. The van der Waals surface area contributed by atoms with Crippen LogP contribution < -0.4 is 4.74 Å². The molecule has 0 radical (unpaired) electrons. The van der Waals surface area contributed by atoms with Crippen LogP contribution in [0, 0.1) is 0 Å². The fraction of sp³-hybridized carbons (Fsp3) is 0.542. The molecule has 31 heavy (non-hydrogen) atoms. The van der Waals surface area contributed by atoms with Gasteiger partial charge >= 0.3 is 0 Å². The van der Waals surface area contributed by atoms with Crippen molar-refractivity contribution in [1.29, 1.82) is 0 Å². The lowest BCUT2D eigenvalue weighted by atomic mass is 9.92. The Labute approximate surface area is 193 Å². The van der Waals surface area contributed by atoms with E-state index < -0.39 is 9.84 Å². The summed E-state index contributed by atoms with van der Waals surface area (Å²) in [7, 11) is -2.96. The lowest BCUT2D eigenvalue weighted by Crippen LogP contribution is -2.32. The highest BCUT2D eigenvalue weighted by Gasteiger charge is 2.22. The van der Waals surface area contributed by atoms with Crippen LogP contribution >= 0.6 is 12.4 Å². The highest BCUT2D eigenvalue weighted by molar-refractivity contribution is 7.90. The van der Waals surface area contributed by atoms with Gasteiger partial charge in [0.05, 0.1) is 11.9 Å². The van der Waals surface area contributed by atoms with Gasteiger partial charge in [0.1, 0.15) is 9.84 Å². The first kappa shape index (κ1) is 25.6. The third-order valence-electron chi connectivity index (χ3n) is 5.62. The normalized spacial score (nSPS) is 16.7. The van der Waals surface area contributed by atoms with Crippen molar-refractivity contribution >= 4 is 22.2 Å². The van der Waals surface area contributed by atoms with Gasteiger partial charge in [-0.3, -0.25) is 4.90 Å². The Morgan fingerprint density at radius 2 is 1.71 bits per heavy atom. The Balaban J connectivity index is 0.00000341. The second-order valence-electron chi connectivity index (χ2n) is 8.85. The van der Waals surface area contributed by atoms with Gasteiger partial charge < -0.3 is 4.74 Å². The van der Waals surface area contributed by atoms with E-state index in [1.807, 2.05) is 32.9 Å². The largest absolute Gasteiger partial charge is 0.475 e. The number of sulfone groups is 1. The Bertz CT molecular complexity index is 924. The number of nitrogens with zero attached hydrogens (tertiary/aromatic N) is 2. The Hall–Kier alpha value is -1.63. The third kappa shape index (κ3) is 8.09. The molecular weight excluding hydrogens is 432 g/mol. The summed E-state index contributed by atoms with van der Waals surface area (Å²) in [6.45, 7) is 9.03. The standard InChI is InChI=1S/C24H34N2O3S.ClH/c1-18(2)29-24-7-5-6-23(25-24)22-12-14-26(15-13-22)16-20-8-10-21(11-9-20)19(3)17-30(4,27)28;/h5-11,18-19,22H,12-17H2,1-4H3;1H/t19-;/m0./s1. The number of ether oxygens (including phenoxy) is 1. The van der Waals surface area contributed by atoms with E-state index in [2.05, 4.69) is 35.2 Å². The Kier molecular flexibility index (Phi) is 9.34. The van der Waals surface area contributed by atoms with Crippen molar-refractivity contribution < 1.29 is 13.2 Å². The van der Waals surface area contributed by atoms with Crippen LogP contribution in [0.1, 0.15) is 62.3 Å². The zero-order valence-corrected chi connectivity index (χ0v) is 20.6. The zero-order chi connectivity index (χ0) is 21.7. The molecule has 0 saturated carbocycles. The van der Waals surface area contributed by atoms with Gasteiger partial charge in [-0.15, -0.1) is 12.4 Å². The average Bonchev–Trinajstić information content (AvgIpc) is 2.67. The molecule has 1 aromatic carbocycles. The maximum atomic E-state index is 11.5. The van der Waals surface area contributed by atoms with Gasteiger partial charge in [-0.25, -0.2) is 13.4 Å². The van der Waals surface area contributed by atoms with Crippen LogP contribution in [0.25, 0.3) is 0 Å². The SMILES string of the molecule is CC(C)Oc1cccc(C2CCN(Cc3ccc([C@@H](C)CS(C)(=O)=O)cc3)CC2)n1.Cl. The summed E-state index contributed by atoms with van der Waals surface area (Å²) in [6.07, 6.45) is 3.63. The number of piperidine rings is 1. The van der Waals surface area contributed by atoms with E-state index in [9.17, 15) is 8.42 Å². The van der Waals surface area contributed by atoms with E-state index in [4.69, 9.17) is 9.72 Å². The van der Waals surface area contributed by atoms with Crippen molar-refractivity contribution in [2.75, 3.05) is 25.1 Å². The molecule has 172 valence electrons. The highest BCUT2D eigenvalue weighted by atomic mass is 35.5. The molecular formula is C24H35ClN2O3S. The van der Waals surface area contributed by atoms with Gasteiger partial charge in [0, 0.05) is 30.5 Å². The van der Waals surface area contributed by atoms with Crippen molar-refractivity contribution in [3.63, 3.8) is 0 Å². The Morgan fingerprint density at radius 1 is 1.06 bits per heavy atom. The van der Waals surface area contributed by atoms with E-state index in [0.29, 0.717) is 5.92 Å². The topological polar surface area (TPSA) is 59.5 Å². The number of pyridine rings is 1. The molecule has 3 rings (SSSR count). The van der Waals surface area contributed by atoms with Crippen molar-refractivity contribution in [3.8, 4) is 5.88 Å². The molecule has 7 heteroatoms. The maximum absolute atomic E-state index is 11.5. The molecule has 1 aliphatic heterocycles. The molecule has 1 fully saturated rings. The van der Waals surface area contributed by atoms with Crippen molar-refractivity contribution in [1.82, 2.24) is 9.88 Å². The van der Waals surface area contributed by atoms with Crippen LogP contribution in [0.3, 0.4) is 0 Å². The van der Waals surface area contributed by atoms with E-state index in [0.717, 1.165) is 49.6 Å². The van der Waals surface area contributed by atoms with Crippen molar-refractivity contribution in [3.05, 3.63) is 59.3 Å². The van der Waals surface area contributed by atoms with Gasteiger partial charge in [0.25, 0.3) is 0 Å². The number of benzene rings is 1. The number of halogens is 1. The molecule has 0 bridgehead atoms. The zero-order valence-electron chi connectivity index (χ0n) is 19.0. The minimum Gasteiger partial charge on any atom is -0.475 e. The summed E-state index contributed by atoms with van der Waals surface area (Å²) < 4.78 is 28.8. The number of rotatable bonds is 8. The summed E-state index contributed by atoms with van der Waals surface area (Å²) in [5.41, 5.74) is 3.49. The second kappa shape index (κ2) is 11.3. The van der Waals surface area contributed by atoms with Crippen LogP contribution in [0.2, 0.25) is 0 Å². The summed E-state index contributed by atoms with van der Waals surface area (Å²) in [5.74, 6) is 1.41. The van der Waals surface area contributed by atoms with Crippen LogP contribution in [0.4, 0.5) is 0 Å². The van der Waals surface area contributed by atoms with E-state index in [1.54, 1.807) is 0 Å². The van der Waals surface area contributed by atoms with Crippen LogP contribution in [-0.4, -0.2) is 49.5 Å². The molecule has 0 spiro atoms. The average molecular weight is 467 g/mol. The molecule has 1 saturated heterocycles. The molecule has 1 aliphatic rings. The van der Waals surface area contributed by atoms with Gasteiger partial charge in [-0.1, -0.05) is 37.3 Å². The molecule has 0 aliphatic carbocycles. The monoisotopic (exact) mass is 466 g/mol. The number of likely N-dealkylation sites (tertiary alicyclic amines) is 1. The summed E-state index contributed by atoms with van der Waals surface area (Å²) in [6, 6.07) is 14.5. The fourth-order valence-electron chi connectivity index (χ4n) is 4.11. The minimum atomic E-state index is -2.96. The smallest absolute Gasteiger partial charge is 0.213 e. The molecule has 1 atom stereocenters. The van der Waals surface area contributed by atoms with Gasteiger partial charge in [0.2, 0.25) is 5.88 Å². The fourth-order valence-corrected chi connectivity index (χ4v) is 5.21. The van der Waals surface area contributed by atoms with Gasteiger partial charge in [-0.2, -0.15) is 0 Å². The van der Waals surface area contributed by atoms with Crippen molar-refractivity contribution in [2.45, 2.75) is 58.1 Å².